The minimum atomic E-state index is -4.45. The van der Waals surface area contributed by atoms with Gasteiger partial charge >= 0.3 is 6.18 Å². The van der Waals surface area contributed by atoms with Crippen LogP contribution in [-0.4, -0.2) is 23.0 Å². The third-order valence-corrected chi connectivity index (χ3v) is 3.80. The molecule has 2 aromatic rings. The molecule has 0 spiro atoms. The van der Waals surface area contributed by atoms with Gasteiger partial charge in [0.05, 0.1) is 5.56 Å². The van der Waals surface area contributed by atoms with Crippen molar-refractivity contribution in [1.29, 1.82) is 0 Å². The fourth-order valence-electron chi connectivity index (χ4n) is 2.41. The Morgan fingerprint density at radius 2 is 2.04 bits per heavy atom. The molecule has 4 nitrogen and oxygen atoms in total. The Kier molecular flexibility index (Phi) is 3.87. The Labute approximate surface area is 130 Å². The van der Waals surface area contributed by atoms with Crippen LogP contribution in [0.3, 0.4) is 0 Å². The number of amides is 1. The molecule has 0 atom stereocenters. The minimum absolute atomic E-state index is 0.0433. The molecule has 1 aliphatic rings. The number of nitrogens with zero attached hydrogens (tertiary/aromatic N) is 2. The van der Waals surface area contributed by atoms with Crippen molar-refractivity contribution >= 4 is 5.91 Å². The number of hydrogen-bond donors (Lipinski definition) is 0. The number of aromatic nitrogens is 1. The van der Waals surface area contributed by atoms with Gasteiger partial charge in [-0.3, -0.25) is 4.79 Å². The quantitative estimate of drug-likeness (QED) is 0.858. The van der Waals surface area contributed by atoms with E-state index in [0.717, 1.165) is 18.9 Å². The summed E-state index contributed by atoms with van der Waals surface area (Å²) in [6.45, 7) is -0.153. The lowest BCUT2D eigenvalue weighted by atomic mass is 10.1. The van der Waals surface area contributed by atoms with E-state index in [-0.39, 0.29) is 17.8 Å². The highest BCUT2D eigenvalue weighted by Gasteiger charge is 2.34. The van der Waals surface area contributed by atoms with E-state index >= 15 is 0 Å². The molecule has 0 bridgehead atoms. The molecule has 1 fully saturated rings. The molecule has 0 radical (unpaired) electrons. The molecule has 1 aromatic carbocycles. The van der Waals surface area contributed by atoms with Gasteiger partial charge in [-0.15, -0.1) is 0 Å². The summed E-state index contributed by atoms with van der Waals surface area (Å²) in [4.78, 5) is 13.5. The number of halogens is 3. The second-order valence-corrected chi connectivity index (χ2v) is 5.70. The van der Waals surface area contributed by atoms with E-state index in [9.17, 15) is 18.0 Å². The van der Waals surface area contributed by atoms with Gasteiger partial charge in [0, 0.05) is 25.6 Å². The highest BCUT2D eigenvalue weighted by atomic mass is 19.4. The monoisotopic (exact) mass is 324 g/mol. The van der Waals surface area contributed by atoms with Gasteiger partial charge in [0.25, 0.3) is 5.91 Å². The average molecular weight is 324 g/mol. The van der Waals surface area contributed by atoms with Crippen LogP contribution in [0, 0.1) is 0 Å². The van der Waals surface area contributed by atoms with E-state index in [1.54, 1.807) is 6.07 Å². The predicted octanol–water partition coefficient (Wildman–Crippen LogP) is 3.84. The van der Waals surface area contributed by atoms with Crippen LogP contribution in [0.1, 0.15) is 46.1 Å². The Bertz CT molecular complexity index is 720. The van der Waals surface area contributed by atoms with E-state index in [1.165, 1.54) is 30.1 Å². The number of alkyl halides is 3. The third kappa shape index (κ3) is 3.38. The largest absolute Gasteiger partial charge is 0.416 e. The average Bonchev–Trinajstić information content (AvgIpc) is 3.23. The van der Waals surface area contributed by atoms with Crippen molar-refractivity contribution in [2.24, 2.45) is 0 Å². The smallest absolute Gasteiger partial charge is 0.360 e. The zero-order valence-corrected chi connectivity index (χ0v) is 12.4. The maximum Gasteiger partial charge on any atom is 0.416 e. The number of hydrogen-bond acceptors (Lipinski definition) is 3. The molecule has 23 heavy (non-hydrogen) atoms. The first-order valence-electron chi connectivity index (χ1n) is 7.23. The molecular weight excluding hydrogens is 309 g/mol. The molecule has 0 saturated heterocycles. The lowest BCUT2D eigenvalue weighted by Gasteiger charge is -2.19. The molecule has 3 rings (SSSR count). The molecule has 1 aliphatic carbocycles. The van der Waals surface area contributed by atoms with Gasteiger partial charge in [0.15, 0.2) is 5.69 Å². The summed E-state index contributed by atoms with van der Waals surface area (Å²) in [5.41, 5.74) is -0.570. The highest BCUT2D eigenvalue weighted by molar-refractivity contribution is 5.92. The van der Waals surface area contributed by atoms with Crippen LogP contribution in [0.4, 0.5) is 13.2 Å². The van der Waals surface area contributed by atoms with Gasteiger partial charge in [-0.25, -0.2) is 0 Å². The number of carbonyl (C=O) groups is 1. The second-order valence-electron chi connectivity index (χ2n) is 5.70. The molecule has 0 aliphatic heterocycles. The maximum atomic E-state index is 13.0. The van der Waals surface area contributed by atoms with Crippen LogP contribution in [0.15, 0.2) is 34.9 Å². The summed E-state index contributed by atoms with van der Waals surface area (Å²) in [6, 6.07) is 6.80. The molecule has 1 amide bonds. The van der Waals surface area contributed by atoms with Gasteiger partial charge in [0.1, 0.15) is 5.76 Å². The van der Waals surface area contributed by atoms with Gasteiger partial charge < -0.3 is 9.42 Å². The normalized spacial score (nSPS) is 14.8. The lowest BCUT2D eigenvalue weighted by molar-refractivity contribution is -0.138. The van der Waals surface area contributed by atoms with Crippen LogP contribution in [-0.2, 0) is 12.7 Å². The number of benzene rings is 1. The molecule has 7 heteroatoms. The fourth-order valence-corrected chi connectivity index (χ4v) is 2.41. The van der Waals surface area contributed by atoms with E-state index in [4.69, 9.17) is 4.52 Å². The molecular formula is C16H15F3N2O2. The van der Waals surface area contributed by atoms with Crippen LogP contribution in [0.5, 0.6) is 0 Å². The van der Waals surface area contributed by atoms with Crippen molar-refractivity contribution in [3.63, 3.8) is 0 Å². The van der Waals surface area contributed by atoms with Crippen molar-refractivity contribution in [2.75, 3.05) is 7.05 Å². The second kappa shape index (κ2) is 5.72. The lowest BCUT2D eigenvalue weighted by Crippen LogP contribution is -2.27. The van der Waals surface area contributed by atoms with Crippen molar-refractivity contribution in [2.45, 2.75) is 31.5 Å². The van der Waals surface area contributed by atoms with E-state index in [0.29, 0.717) is 11.7 Å². The molecule has 0 N–H and O–H groups in total. The van der Waals surface area contributed by atoms with E-state index in [1.807, 2.05) is 0 Å². The maximum absolute atomic E-state index is 13.0. The number of carbonyl (C=O) groups excluding carboxylic acids is 1. The van der Waals surface area contributed by atoms with Crippen LogP contribution < -0.4 is 0 Å². The Morgan fingerprint density at radius 1 is 1.35 bits per heavy atom. The van der Waals surface area contributed by atoms with Crippen LogP contribution in [0.2, 0.25) is 0 Å². The summed E-state index contributed by atoms with van der Waals surface area (Å²) in [5.74, 6) is 0.524. The first-order valence-corrected chi connectivity index (χ1v) is 7.23. The zero-order chi connectivity index (χ0) is 16.6. The summed E-state index contributed by atoms with van der Waals surface area (Å²) in [5, 5.41) is 3.72. The Morgan fingerprint density at radius 3 is 2.70 bits per heavy atom. The van der Waals surface area contributed by atoms with E-state index in [2.05, 4.69) is 5.16 Å². The molecule has 122 valence electrons. The summed E-state index contributed by atoms with van der Waals surface area (Å²) in [6.07, 6.45) is -2.43. The van der Waals surface area contributed by atoms with Crippen LogP contribution in [0.25, 0.3) is 0 Å². The zero-order valence-electron chi connectivity index (χ0n) is 12.4. The summed E-state index contributed by atoms with van der Waals surface area (Å²) < 4.78 is 44.1. The van der Waals surface area contributed by atoms with Crippen molar-refractivity contribution in [3.8, 4) is 0 Å². The predicted molar refractivity (Wildman–Crippen MR) is 75.7 cm³/mol. The molecule has 1 aromatic heterocycles. The van der Waals surface area contributed by atoms with E-state index < -0.39 is 17.6 Å². The number of rotatable bonds is 4. The van der Waals surface area contributed by atoms with Crippen molar-refractivity contribution in [3.05, 3.63) is 52.9 Å². The Balaban J connectivity index is 1.75. The molecule has 0 unspecified atom stereocenters. The summed E-state index contributed by atoms with van der Waals surface area (Å²) in [7, 11) is 1.45. The van der Waals surface area contributed by atoms with Gasteiger partial charge in [0.2, 0.25) is 0 Å². The third-order valence-electron chi connectivity index (χ3n) is 3.80. The van der Waals surface area contributed by atoms with Crippen LogP contribution >= 0.6 is 0 Å². The first-order chi connectivity index (χ1) is 10.9. The topological polar surface area (TPSA) is 46.3 Å². The van der Waals surface area contributed by atoms with Crippen molar-refractivity contribution < 1.29 is 22.5 Å². The SMILES string of the molecule is CN(Cc1ccccc1C(F)(F)F)C(=O)c1cc(C2CC2)on1. The van der Waals surface area contributed by atoms with Gasteiger partial charge in [-0.1, -0.05) is 23.4 Å². The standard InChI is InChI=1S/C16H15F3N2O2/c1-21(9-11-4-2-3-5-12(11)16(17,18)19)15(22)13-8-14(23-20-13)10-6-7-10/h2-5,8,10H,6-7,9H2,1H3. The van der Waals surface area contributed by atoms with Crippen molar-refractivity contribution in [1.82, 2.24) is 10.1 Å². The first kappa shape index (κ1) is 15.6. The van der Waals surface area contributed by atoms with Gasteiger partial charge in [-0.2, -0.15) is 13.2 Å². The Hall–Kier alpha value is -2.31. The highest BCUT2D eigenvalue weighted by Crippen LogP contribution is 2.40. The minimum Gasteiger partial charge on any atom is -0.360 e. The molecule has 1 saturated carbocycles. The molecule has 1 heterocycles. The summed E-state index contributed by atoms with van der Waals surface area (Å²) >= 11 is 0. The van der Waals surface area contributed by atoms with Gasteiger partial charge in [-0.05, 0) is 24.5 Å². The fraction of sp³-hybridized carbons (Fsp3) is 0.375.